The van der Waals surface area contributed by atoms with Crippen LogP contribution in [0, 0.1) is 13.8 Å². The summed E-state index contributed by atoms with van der Waals surface area (Å²) in [5, 5.41) is 12.7. The average Bonchev–Trinajstić information content (AvgIpc) is 3.30. The molecular formula is C25H29N7O. The zero-order chi connectivity index (χ0) is 23.8. The van der Waals surface area contributed by atoms with Gasteiger partial charge in [0.05, 0.1) is 11.2 Å². The van der Waals surface area contributed by atoms with Crippen molar-refractivity contribution >= 4 is 11.5 Å². The Labute approximate surface area is 193 Å². The molecule has 0 spiro atoms. The molecule has 33 heavy (non-hydrogen) atoms. The molecule has 0 radical (unpaired) electrons. The zero-order valence-corrected chi connectivity index (χ0v) is 19.6. The molecule has 0 saturated carbocycles. The Kier molecular flexibility index (Phi) is 5.93. The second kappa shape index (κ2) is 8.69. The molecule has 3 aromatic rings. The molecule has 2 N–H and O–H groups in total. The fourth-order valence-corrected chi connectivity index (χ4v) is 4.36. The SMILES string of the molecule is Cc1ccc(C2=CC(C(C)c3cccc(C)n3)(n3nnnc3C(C)C)CC(C(N)=O)=C2)nc1. The lowest BCUT2D eigenvalue weighted by atomic mass is 9.73. The smallest absolute Gasteiger partial charge is 0.244 e. The van der Waals surface area contributed by atoms with Crippen LogP contribution in [0.3, 0.4) is 0 Å². The van der Waals surface area contributed by atoms with E-state index < -0.39 is 11.4 Å². The summed E-state index contributed by atoms with van der Waals surface area (Å²) in [5.74, 6) is 0.169. The van der Waals surface area contributed by atoms with Crippen molar-refractivity contribution in [2.45, 2.75) is 58.4 Å². The van der Waals surface area contributed by atoms with Crippen molar-refractivity contribution in [3.63, 3.8) is 0 Å². The summed E-state index contributed by atoms with van der Waals surface area (Å²) in [6, 6.07) is 9.90. The summed E-state index contributed by atoms with van der Waals surface area (Å²) in [6.07, 6.45) is 6.10. The molecular weight excluding hydrogens is 414 g/mol. The second-order valence-electron chi connectivity index (χ2n) is 9.05. The van der Waals surface area contributed by atoms with E-state index in [1.807, 2.05) is 75.0 Å². The number of carbonyl (C=O) groups is 1. The van der Waals surface area contributed by atoms with Crippen LogP contribution in [0.4, 0.5) is 0 Å². The van der Waals surface area contributed by atoms with Crippen LogP contribution in [-0.2, 0) is 10.3 Å². The topological polar surface area (TPSA) is 112 Å². The highest BCUT2D eigenvalue weighted by atomic mass is 16.1. The molecule has 3 heterocycles. The molecule has 2 unspecified atom stereocenters. The number of hydrogen-bond donors (Lipinski definition) is 1. The first-order valence-electron chi connectivity index (χ1n) is 11.1. The normalized spacial score (nSPS) is 19.2. The minimum atomic E-state index is -0.801. The number of primary amides is 1. The van der Waals surface area contributed by atoms with Crippen LogP contribution in [0.2, 0.25) is 0 Å². The van der Waals surface area contributed by atoms with Gasteiger partial charge in [0.2, 0.25) is 5.91 Å². The molecule has 8 heteroatoms. The molecule has 2 atom stereocenters. The first kappa shape index (κ1) is 22.5. The van der Waals surface area contributed by atoms with Crippen molar-refractivity contribution in [1.82, 2.24) is 30.2 Å². The van der Waals surface area contributed by atoms with Crippen molar-refractivity contribution in [3.8, 4) is 0 Å². The summed E-state index contributed by atoms with van der Waals surface area (Å²) in [4.78, 5) is 21.9. The Hall–Kier alpha value is -3.68. The summed E-state index contributed by atoms with van der Waals surface area (Å²) >= 11 is 0. The third-order valence-corrected chi connectivity index (χ3v) is 6.24. The molecule has 1 aliphatic carbocycles. The first-order chi connectivity index (χ1) is 15.7. The van der Waals surface area contributed by atoms with Crippen LogP contribution >= 0.6 is 0 Å². The van der Waals surface area contributed by atoms with Gasteiger partial charge in [-0.15, -0.1) is 5.10 Å². The molecule has 1 aliphatic rings. The Morgan fingerprint density at radius 3 is 2.58 bits per heavy atom. The van der Waals surface area contributed by atoms with Crippen molar-refractivity contribution in [2.24, 2.45) is 5.73 Å². The highest BCUT2D eigenvalue weighted by Crippen LogP contribution is 2.45. The van der Waals surface area contributed by atoms with Gasteiger partial charge in [0, 0.05) is 41.4 Å². The van der Waals surface area contributed by atoms with Crippen LogP contribution < -0.4 is 5.73 Å². The number of rotatable bonds is 6. The van der Waals surface area contributed by atoms with Crippen LogP contribution in [-0.4, -0.2) is 36.1 Å². The van der Waals surface area contributed by atoms with Crippen molar-refractivity contribution < 1.29 is 4.79 Å². The van der Waals surface area contributed by atoms with E-state index in [0.29, 0.717) is 12.0 Å². The van der Waals surface area contributed by atoms with E-state index in [1.165, 1.54) is 0 Å². The minimum absolute atomic E-state index is 0.0758. The minimum Gasteiger partial charge on any atom is -0.366 e. The van der Waals surface area contributed by atoms with Crippen molar-refractivity contribution in [2.75, 3.05) is 0 Å². The van der Waals surface area contributed by atoms with Gasteiger partial charge < -0.3 is 5.73 Å². The Balaban J connectivity index is 2.00. The van der Waals surface area contributed by atoms with Crippen LogP contribution in [0.1, 0.15) is 67.5 Å². The lowest BCUT2D eigenvalue weighted by Crippen LogP contribution is -2.43. The van der Waals surface area contributed by atoms with Crippen LogP contribution in [0.25, 0.3) is 5.57 Å². The monoisotopic (exact) mass is 443 g/mol. The van der Waals surface area contributed by atoms with Gasteiger partial charge in [0.1, 0.15) is 0 Å². The van der Waals surface area contributed by atoms with Gasteiger partial charge in [0.15, 0.2) is 5.82 Å². The van der Waals surface area contributed by atoms with E-state index in [-0.39, 0.29) is 11.8 Å². The molecule has 0 fully saturated rings. The number of nitrogens with zero attached hydrogens (tertiary/aromatic N) is 6. The van der Waals surface area contributed by atoms with Gasteiger partial charge in [-0.25, -0.2) is 4.68 Å². The Morgan fingerprint density at radius 2 is 1.94 bits per heavy atom. The lowest BCUT2D eigenvalue weighted by molar-refractivity contribution is -0.114. The van der Waals surface area contributed by atoms with Gasteiger partial charge in [-0.05, 0) is 65.8 Å². The summed E-state index contributed by atoms with van der Waals surface area (Å²) in [7, 11) is 0. The predicted octanol–water partition coefficient (Wildman–Crippen LogP) is 3.60. The van der Waals surface area contributed by atoms with Gasteiger partial charge in [0.25, 0.3) is 0 Å². The number of tetrazole rings is 1. The van der Waals surface area contributed by atoms with Gasteiger partial charge in [-0.3, -0.25) is 14.8 Å². The number of nitrogens with two attached hydrogens (primary N) is 1. The fourth-order valence-electron chi connectivity index (χ4n) is 4.36. The number of amides is 1. The van der Waals surface area contributed by atoms with E-state index in [1.54, 1.807) is 0 Å². The van der Waals surface area contributed by atoms with E-state index in [2.05, 4.69) is 33.5 Å². The van der Waals surface area contributed by atoms with E-state index in [9.17, 15) is 4.79 Å². The number of aromatic nitrogens is 6. The zero-order valence-electron chi connectivity index (χ0n) is 19.6. The Morgan fingerprint density at radius 1 is 1.15 bits per heavy atom. The molecule has 0 saturated heterocycles. The van der Waals surface area contributed by atoms with Gasteiger partial charge in [-0.2, -0.15) is 0 Å². The van der Waals surface area contributed by atoms with Crippen molar-refractivity contribution in [1.29, 1.82) is 0 Å². The number of carbonyl (C=O) groups excluding carboxylic acids is 1. The van der Waals surface area contributed by atoms with E-state index >= 15 is 0 Å². The molecule has 8 nitrogen and oxygen atoms in total. The van der Waals surface area contributed by atoms with Crippen LogP contribution in [0.5, 0.6) is 0 Å². The molecule has 0 aromatic carbocycles. The maximum Gasteiger partial charge on any atom is 0.244 e. The first-order valence-corrected chi connectivity index (χ1v) is 11.1. The number of pyridine rings is 2. The van der Waals surface area contributed by atoms with Crippen molar-refractivity contribution in [3.05, 3.63) is 82.7 Å². The third-order valence-electron chi connectivity index (χ3n) is 6.24. The number of aryl methyl sites for hydroxylation is 2. The highest BCUT2D eigenvalue weighted by Gasteiger charge is 2.44. The highest BCUT2D eigenvalue weighted by molar-refractivity contribution is 5.96. The predicted molar refractivity (Wildman–Crippen MR) is 126 cm³/mol. The standard InChI is InChI=1S/C25H29N7O/c1-15(2)24-29-30-31-32(24)25(18(5)21-8-6-7-17(4)28-21)12-19(11-20(13-25)23(26)33)22-10-9-16(3)14-27-22/h6-12,14-15,18H,13H2,1-5H3,(H2,26,33). The lowest BCUT2D eigenvalue weighted by Gasteiger charge is -2.40. The molecule has 4 rings (SSSR count). The number of allylic oxidation sites excluding steroid dienone is 3. The summed E-state index contributed by atoms with van der Waals surface area (Å²) in [5.41, 5.74) is 9.96. The van der Waals surface area contributed by atoms with Crippen LogP contribution in [0.15, 0.2) is 54.3 Å². The number of hydrogen-bond acceptors (Lipinski definition) is 6. The summed E-state index contributed by atoms with van der Waals surface area (Å²) < 4.78 is 1.84. The maximum absolute atomic E-state index is 12.5. The Bertz CT molecular complexity index is 1240. The average molecular weight is 444 g/mol. The third kappa shape index (κ3) is 4.20. The maximum atomic E-state index is 12.5. The molecule has 0 aliphatic heterocycles. The summed E-state index contributed by atoms with van der Waals surface area (Å²) in [6.45, 7) is 10.1. The second-order valence-corrected chi connectivity index (χ2v) is 9.05. The van der Waals surface area contributed by atoms with E-state index in [4.69, 9.17) is 10.7 Å². The quantitative estimate of drug-likeness (QED) is 0.623. The largest absolute Gasteiger partial charge is 0.366 e. The van der Waals surface area contributed by atoms with Gasteiger partial charge in [-0.1, -0.05) is 32.9 Å². The van der Waals surface area contributed by atoms with Gasteiger partial charge >= 0.3 is 0 Å². The molecule has 0 bridgehead atoms. The molecule has 1 amide bonds. The molecule has 170 valence electrons. The molecule has 3 aromatic heterocycles. The van der Waals surface area contributed by atoms with E-state index in [0.717, 1.165) is 34.0 Å². The fraction of sp³-hybridized carbons (Fsp3) is 0.360.